The topological polar surface area (TPSA) is 55.4 Å². The smallest absolute Gasteiger partial charge is 0.328 e. The third-order valence-corrected chi connectivity index (χ3v) is 5.15. The minimum absolute atomic E-state index is 0.0565. The van der Waals surface area contributed by atoms with E-state index in [2.05, 4.69) is 19.2 Å². The molecule has 1 aromatic carbocycles. The van der Waals surface area contributed by atoms with E-state index in [0.717, 1.165) is 37.7 Å². The number of ether oxygens (including phenoxy) is 1. The Balaban J connectivity index is 2.43. The van der Waals surface area contributed by atoms with Crippen LogP contribution in [0.15, 0.2) is 30.3 Å². The highest BCUT2D eigenvalue weighted by molar-refractivity contribution is 5.84. The van der Waals surface area contributed by atoms with Crippen molar-refractivity contribution >= 4 is 11.9 Å². The standard InChI is InChI=1S/C25H41NO3/c1-3-5-7-9-11-16-20-29-25(28)23(21-22-17-13-12-14-18-22)26-24(27)19-15-10-8-6-4-2/h12-14,17-18,23H,3-11,15-16,19-21H2,1-2H3,(H,26,27)/t23-/m0/s1. The minimum Gasteiger partial charge on any atom is -0.464 e. The van der Waals surface area contributed by atoms with Crippen molar-refractivity contribution in [3.63, 3.8) is 0 Å². The van der Waals surface area contributed by atoms with Gasteiger partial charge in [0.2, 0.25) is 5.91 Å². The Morgan fingerprint density at radius 3 is 2.07 bits per heavy atom. The van der Waals surface area contributed by atoms with Gasteiger partial charge in [-0.1, -0.05) is 102 Å². The van der Waals surface area contributed by atoms with Gasteiger partial charge in [-0.25, -0.2) is 4.79 Å². The van der Waals surface area contributed by atoms with E-state index in [1.54, 1.807) is 0 Å². The predicted molar refractivity (Wildman–Crippen MR) is 120 cm³/mol. The fraction of sp³-hybridized carbons (Fsp3) is 0.680. The van der Waals surface area contributed by atoms with E-state index in [1.807, 2.05) is 30.3 Å². The number of rotatable bonds is 17. The normalized spacial score (nSPS) is 11.8. The van der Waals surface area contributed by atoms with Gasteiger partial charge in [-0.2, -0.15) is 0 Å². The zero-order valence-electron chi connectivity index (χ0n) is 18.6. The van der Waals surface area contributed by atoms with Gasteiger partial charge in [-0.05, 0) is 18.4 Å². The molecule has 0 aliphatic carbocycles. The van der Waals surface area contributed by atoms with Crippen molar-refractivity contribution in [3.05, 3.63) is 35.9 Å². The molecule has 0 bridgehead atoms. The average molecular weight is 404 g/mol. The minimum atomic E-state index is -0.611. The molecule has 4 heteroatoms. The number of amides is 1. The Bertz CT molecular complexity index is 544. The molecule has 29 heavy (non-hydrogen) atoms. The lowest BCUT2D eigenvalue weighted by molar-refractivity contribution is -0.148. The summed E-state index contributed by atoms with van der Waals surface area (Å²) in [6.45, 7) is 4.81. The molecule has 0 radical (unpaired) electrons. The molecule has 164 valence electrons. The van der Waals surface area contributed by atoms with Crippen LogP contribution < -0.4 is 5.32 Å². The van der Waals surface area contributed by atoms with E-state index in [0.29, 0.717) is 19.4 Å². The second-order valence-corrected chi connectivity index (χ2v) is 7.91. The van der Waals surface area contributed by atoms with E-state index >= 15 is 0 Å². The second-order valence-electron chi connectivity index (χ2n) is 7.91. The molecule has 0 spiro atoms. The van der Waals surface area contributed by atoms with Crippen LogP contribution in [0.5, 0.6) is 0 Å². The van der Waals surface area contributed by atoms with Crippen LogP contribution >= 0.6 is 0 Å². The molecule has 1 atom stereocenters. The van der Waals surface area contributed by atoms with E-state index in [-0.39, 0.29) is 11.9 Å². The SMILES string of the molecule is CCCCCCCCOC(=O)[C@H](Cc1ccccc1)NC(=O)CCCCCCC. The van der Waals surface area contributed by atoms with Crippen molar-refractivity contribution in [1.29, 1.82) is 0 Å². The highest BCUT2D eigenvalue weighted by Gasteiger charge is 2.22. The van der Waals surface area contributed by atoms with Crippen LogP contribution in [0, 0.1) is 0 Å². The molecule has 0 aromatic heterocycles. The summed E-state index contributed by atoms with van der Waals surface area (Å²) in [7, 11) is 0. The van der Waals surface area contributed by atoms with E-state index in [9.17, 15) is 9.59 Å². The first-order valence-electron chi connectivity index (χ1n) is 11.7. The molecule has 1 amide bonds. The molecule has 0 saturated carbocycles. The van der Waals surface area contributed by atoms with Gasteiger partial charge in [0.15, 0.2) is 0 Å². The van der Waals surface area contributed by atoms with Gasteiger partial charge in [-0.3, -0.25) is 4.79 Å². The van der Waals surface area contributed by atoms with Gasteiger partial charge in [-0.15, -0.1) is 0 Å². The molecule has 0 fully saturated rings. The Labute approximate surface area is 177 Å². The number of unbranched alkanes of at least 4 members (excludes halogenated alkanes) is 9. The monoisotopic (exact) mass is 403 g/mol. The van der Waals surface area contributed by atoms with Crippen LogP contribution in [0.3, 0.4) is 0 Å². The van der Waals surface area contributed by atoms with Gasteiger partial charge < -0.3 is 10.1 Å². The molecule has 4 nitrogen and oxygen atoms in total. The van der Waals surface area contributed by atoms with Crippen LogP contribution in [0.4, 0.5) is 0 Å². The summed E-state index contributed by atoms with van der Waals surface area (Å²) >= 11 is 0. The summed E-state index contributed by atoms with van der Waals surface area (Å²) in [5.41, 5.74) is 1.03. The lowest BCUT2D eigenvalue weighted by Gasteiger charge is -2.18. The molecule has 0 unspecified atom stereocenters. The summed E-state index contributed by atoms with van der Waals surface area (Å²) in [4.78, 5) is 24.9. The molecule has 0 saturated heterocycles. The maximum absolute atomic E-state index is 12.6. The third-order valence-electron chi connectivity index (χ3n) is 5.15. The van der Waals surface area contributed by atoms with Gasteiger partial charge in [0.25, 0.3) is 0 Å². The van der Waals surface area contributed by atoms with Crippen molar-refractivity contribution in [2.75, 3.05) is 6.61 Å². The molecule has 1 N–H and O–H groups in total. The summed E-state index contributed by atoms with van der Waals surface area (Å²) in [6.07, 6.45) is 13.3. The maximum atomic E-state index is 12.6. The van der Waals surface area contributed by atoms with Crippen LogP contribution in [0.2, 0.25) is 0 Å². The molecule has 0 aliphatic rings. The number of nitrogens with one attached hydrogen (secondary N) is 1. The van der Waals surface area contributed by atoms with Crippen molar-refractivity contribution in [2.45, 2.75) is 103 Å². The van der Waals surface area contributed by atoms with Crippen LogP contribution in [0.25, 0.3) is 0 Å². The third kappa shape index (κ3) is 13.1. The fourth-order valence-electron chi connectivity index (χ4n) is 3.35. The molecule has 0 heterocycles. The second kappa shape index (κ2) is 17.1. The number of hydrogen-bond acceptors (Lipinski definition) is 3. The van der Waals surface area contributed by atoms with E-state index in [4.69, 9.17) is 4.74 Å². The molecular formula is C25H41NO3. The number of hydrogen-bond donors (Lipinski definition) is 1. The van der Waals surface area contributed by atoms with Crippen LogP contribution in [-0.4, -0.2) is 24.5 Å². The van der Waals surface area contributed by atoms with Gasteiger partial charge in [0.1, 0.15) is 6.04 Å². The Morgan fingerprint density at radius 2 is 1.41 bits per heavy atom. The summed E-state index contributed by atoms with van der Waals surface area (Å²) < 4.78 is 5.49. The highest BCUT2D eigenvalue weighted by Crippen LogP contribution is 2.09. The molecular weight excluding hydrogens is 362 g/mol. The Morgan fingerprint density at radius 1 is 0.828 bits per heavy atom. The number of carbonyl (C=O) groups is 2. The predicted octanol–water partition coefficient (Wildman–Crippen LogP) is 5.98. The van der Waals surface area contributed by atoms with Gasteiger partial charge in [0, 0.05) is 12.8 Å². The van der Waals surface area contributed by atoms with Gasteiger partial charge in [0.05, 0.1) is 6.61 Å². The Hall–Kier alpha value is -1.84. The fourth-order valence-corrected chi connectivity index (χ4v) is 3.35. The quantitative estimate of drug-likeness (QED) is 0.257. The van der Waals surface area contributed by atoms with Crippen molar-refractivity contribution in [2.24, 2.45) is 0 Å². The van der Waals surface area contributed by atoms with E-state index in [1.165, 1.54) is 38.5 Å². The van der Waals surface area contributed by atoms with Crippen molar-refractivity contribution in [3.8, 4) is 0 Å². The molecule has 1 rings (SSSR count). The van der Waals surface area contributed by atoms with Crippen LogP contribution in [0.1, 0.15) is 96.5 Å². The van der Waals surface area contributed by atoms with Crippen molar-refractivity contribution in [1.82, 2.24) is 5.32 Å². The first kappa shape index (κ1) is 25.2. The first-order chi connectivity index (χ1) is 14.2. The lowest BCUT2D eigenvalue weighted by Crippen LogP contribution is -2.43. The van der Waals surface area contributed by atoms with Gasteiger partial charge >= 0.3 is 5.97 Å². The summed E-state index contributed by atoms with van der Waals surface area (Å²) in [5, 5.41) is 2.91. The highest BCUT2D eigenvalue weighted by atomic mass is 16.5. The Kier molecular flexibility index (Phi) is 14.8. The number of benzene rings is 1. The first-order valence-corrected chi connectivity index (χ1v) is 11.7. The van der Waals surface area contributed by atoms with E-state index < -0.39 is 6.04 Å². The zero-order valence-corrected chi connectivity index (χ0v) is 18.6. The van der Waals surface area contributed by atoms with Crippen molar-refractivity contribution < 1.29 is 14.3 Å². The summed E-state index contributed by atoms with van der Waals surface area (Å²) in [5.74, 6) is -0.374. The largest absolute Gasteiger partial charge is 0.464 e. The molecule has 1 aromatic rings. The number of esters is 1. The molecule has 0 aliphatic heterocycles. The van der Waals surface area contributed by atoms with Crippen LogP contribution in [-0.2, 0) is 20.7 Å². The number of carbonyl (C=O) groups excluding carboxylic acids is 2. The summed E-state index contributed by atoms with van der Waals surface area (Å²) in [6, 6.07) is 9.19. The lowest BCUT2D eigenvalue weighted by atomic mass is 10.1. The average Bonchev–Trinajstić information content (AvgIpc) is 2.73. The maximum Gasteiger partial charge on any atom is 0.328 e. The zero-order chi connectivity index (χ0) is 21.2.